The van der Waals surface area contributed by atoms with E-state index in [1.807, 2.05) is 18.2 Å². The molecule has 0 saturated carbocycles. The number of aliphatic hydroxyl groups is 1. The second kappa shape index (κ2) is 13.3. The van der Waals surface area contributed by atoms with E-state index in [4.69, 9.17) is 15.8 Å². The number of aliphatic hydroxyl groups excluding tert-OH is 1. The zero-order chi connectivity index (χ0) is 29.5. The number of pyridine rings is 1. The van der Waals surface area contributed by atoms with Gasteiger partial charge in [-0.25, -0.2) is 14.4 Å². The lowest BCUT2D eigenvalue weighted by Gasteiger charge is -2.10. The molecular weight excluding hydrogens is 543 g/mol. The molecule has 11 heteroatoms. The molecule has 2 amide bonds. The second-order valence-electron chi connectivity index (χ2n) is 9.72. The van der Waals surface area contributed by atoms with E-state index in [0.29, 0.717) is 52.3 Å². The molecule has 0 radical (unpaired) electrons. The van der Waals surface area contributed by atoms with Crippen molar-refractivity contribution in [3.63, 3.8) is 0 Å². The van der Waals surface area contributed by atoms with E-state index >= 15 is 0 Å². The van der Waals surface area contributed by atoms with Crippen molar-refractivity contribution in [3.05, 3.63) is 83.4 Å². The first-order chi connectivity index (χ1) is 19.7. The van der Waals surface area contributed by atoms with Gasteiger partial charge in [-0.05, 0) is 73.4 Å². The number of thiazole rings is 1. The third kappa shape index (κ3) is 7.05. The average molecular weight is 577 g/mol. The number of rotatable bonds is 8. The van der Waals surface area contributed by atoms with Gasteiger partial charge in [-0.2, -0.15) is 0 Å². The van der Waals surface area contributed by atoms with E-state index in [1.165, 1.54) is 23.5 Å². The van der Waals surface area contributed by atoms with Gasteiger partial charge in [0.05, 0.1) is 15.8 Å². The number of hydrogen-bond acceptors (Lipinski definition) is 7. The fourth-order valence-corrected chi connectivity index (χ4v) is 5.00. The lowest BCUT2D eigenvalue weighted by molar-refractivity contribution is 0.0938. The molecule has 3 heterocycles. The number of nitrogens with two attached hydrogens (primary N) is 1. The molecule has 0 fully saturated rings. The fourth-order valence-electron chi connectivity index (χ4n) is 4.20. The van der Waals surface area contributed by atoms with Crippen LogP contribution in [-0.4, -0.2) is 44.4 Å². The van der Waals surface area contributed by atoms with Gasteiger partial charge in [0.15, 0.2) is 10.8 Å². The summed E-state index contributed by atoms with van der Waals surface area (Å²) in [6.07, 6.45) is 2.52. The maximum Gasteiger partial charge on any atom is 0.270 e. The molecule has 5 N–H and O–H groups in total. The normalized spacial score (nSPS) is 11.0. The molecule has 0 unspecified atom stereocenters. The van der Waals surface area contributed by atoms with Gasteiger partial charge in [0.2, 0.25) is 0 Å². The summed E-state index contributed by atoms with van der Waals surface area (Å²) in [7, 11) is 0. The minimum absolute atomic E-state index is 0.250. The van der Waals surface area contributed by atoms with Gasteiger partial charge in [0.25, 0.3) is 11.8 Å². The Morgan fingerprint density at radius 3 is 2.51 bits per heavy atom. The number of fused-ring (bicyclic) bond motifs is 2. The number of carbonyl (C=O) groups excluding carboxylic acids is 2. The number of aromatic nitrogens is 3. The molecule has 0 saturated heterocycles. The Bertz CT molecular complexity index is 1660. The number of hydrogen-bond donors (Lipinski definition) is 4. The Morgan fingerprint density at radius 1 is 1.07 bits per heavy atom. The number of benzene rings is 2. The van der Waals surface area contributed by atoms with E-state index in [9.17, 15) is 14.0 Å². The Hall–Kier alpha value is -4.35. The van der Waals surface area contributed by atoms with Crippen molar-refractivity contribution in [2.45, 2.75) is 33.7 Å². The predicted octanol–water partition coefficient (Wildman–Crippen LogP) is 5.04. The van der Waals surface area contributed by atoms with Gasteiger partial charge in [-0.15, -0.1) is 0 Å². The Balaban J connectivity index is 0.00000124. The van der Waals surface area contributed by atoms with Crippen molar-refractivity contribution in [1.82, 2.24) is 25.0 Å². The molecule has 0 aliphatic carbocycles. The molecule has 5 aromatic rings. The standard InChI is InChI=1S/C28H27FN6O2S.C2H6O/c1-16(2)11-12-31-27(37)24-23(18-6-8-19(29)9-7-18)34-25-20(4-3-13-35(24)25)26(36)32-15-17-5-10-21-22(14-17)38-28(30)33-21;1-2-3/h3-10,13-14,16H,11-12,15H2,1-2H3,(H2,30,33)(H,31,37)(H,32,36);3H,2H2,1H3. The van der Waals surface area contributed by atoms with Crippen LogP contribution in [0.1, 0.15) is 53.6 Å². The van der Waals surface area contributed by atoms with Crippen molar-refractivity contribution >= 4 is 44.1 Å². The van der Waals surface area contributed by atoms with Crippen LogP contribution < -0.4 is 16.4 Å². The molecule has 0 aliphatic rings. The van der Waals surface area contributed by atoms with Gasteiger partial charge in [0, 0.05) is 31.5 Å². The molecule has 0 aliphatic heterocycles. The summed E-state index contributed by atoms with van der Waals surface area (Å²) < 4.78 is 16.2. The zero-order valence-electron chi connectivity index (χ0n) is 23.1. The highest BCUT2D eigenvalue weighted by Gasteiger charge is 2.24. The van der Waals surface area contributed by atoms with Gasteiger partial charge in [-0.3, -0.25) is 14.0 Å². The van der Waals surface area contributed by atoms with Crippen LogP contribution in [0.25, 0.3) is 27.1 Å². The summed E-state index contributed by atoms with van der Waals surface area (Å²) in [5.74, 6) is -0.604. The first-order valence-electron chi connectivity index (χ1n) is 13.3. The maximum atomic E-state index is 13.6. The summed E-state index contributed by atoms with van der Waals surface area (Å²) >= 11 is 1.39. The van der Waals surface area contributed by atoms with E-state index in [0.717, 1.165) is 22.2 Å². The van der Waals surface area contributed by atoms with E-state index in [-0.39, 0.29) is 24.2 Å². The van der Waals surface area contributed by atoms with Gasteiger partial charge >= 0.3 is 0 Å². The summed E-state index contributed by atoms with van der Waals surface area (Å²) in [6, 6.07) is 14.9. The van der Waals surface area contributed by atoms with Crippen LogP contribution in [0.3, 0.4) is 0 Å². The monoisotopic (exact) mass is 576 g/mol. The number of anilines is 1. The highest BCUT2D eigenvalue weighted by Crippen LogP contribution is 2.27. The molecule has 9 nitrogen and oxygen atoms in total. The number of halogens is 1. The van der Waals surface area contributed by atoms with Crippen LogP contribution in [-0.2, 0) is 6.54 Å². The predicted molar refractivity (Wildman–Crippen MR) is 160 cm³/mol. The van der Waals surface area contributed by atoms with Crippen LogP contribution in [0.15, 0.2) is 60.8 Å². The molecule has 214 valence electrons. The van der Waals surface area contributed by atoms with Crippen LogP contribution in [0.2, 0.25) is 0 Å². The summed E-state index contributed by atoms with van der Waals surface area (Å²) in [5.41, 5.74) is 9.42. The minimum atomic E-state index is -0.389. The molecule has 2 aromatic carbocycles. The van der Waals surface area contributed by atoms with E-state index in [1.54, 1.807) is 41.8 Å². The zero-order valence-corrected chi connectivity index (χ0v) is 24.0. The molecular formula is C30H33FN6O3S. The van der Waals surface area contributed by atoms with Crippen molar-refractivity contribution in [2.75, 3.05) is 18.9 Å². The lowest BCUT2D eigenvalue weighted by atomic mass is 10.1. The number of nitrogen functional groups attached to an aromatic ring is 1. The topological polar surface area (TPSA) is 135 Å². The second-order valence-corrected chi connectivity index (χ2v) is 10.8. The number of imidazole rings is 1. The van der Waals surface area contributed by atoms with Crippen LogP contribution in [0.4, 0.5) is 9.52 Å². The van der Waals surface area contributed by atoms with Crippen LogP contribution >= 0.6 is 11.3 Å². The SMILES string of the molecule is CC(C)CCNC(=O)c1c(-c2ccc(F)cc2)nc2c(C(=O)NCc3ccc4nc(N)sc4c3)cccn12.CCO. The number of nitrogens with one attached hydrogen (secondary N) is 2. The highest BCUT2D eigenvalue weighted by atomic mass is 32.1. The third-order valence-electron chi connectivity index (χ3n) is 6.16. The van der Waals surface area contributed by atoms with Gasteiger partial charge in [-0.1, -0.05) is 31.3 Å². The fraction of sp³-hybridized carbons (Fsp3) is 0.267. The van der Waals surface area contributed by atoms with E-state index in [2.05, 4.69) is 29.5 Å². The molecule has 0 bridgehead atoms. The Labute approximate surface area is 241 Å². The average Bonchev–Trinajstić information content (AvgIpc) is 3.51. The molecule has 3 aromatic heterocycles. The molecule has 5 rings (SSSR count). The Kier molecular flexibility index (Phi) is 9.64. The van der Waals surface area contributed by atoms with Gasteiger partial charge < -0.3 is 21.5 Å². The first kappa shape index (κ1) is 29.6. The number of amides is 2. The van der Waals surface area contributed by atoms with E-state index < -0.39 is 0 Å². The molecule has 0 spiro atoms. The lowest BCUT2D eigenvalue weighted by Crippen LogP contribution is -2.27. The quantitative estimate of drug-likeness (QED) is 0.205. The van der Waals surface area contributed by atoms with Crippen LogP contribution in [0, 0.1) is 11.7 Å². The molecule has 41 heavy (non-hydrogen) atoms. The highest BCUT2D eigenvalue weighted by molar-refractivity contribution is 7.22. The third-order valence-corrected chi connectivity index (χ3v) is 7.00. The van der Waals surface area contributed by atoms with Crippen molar-refractivity contribution in [2.24, 2.45) is 5.92 Å². The summed E-state index contributed by atoms with van der Waals surface area (Å²) in [5, 5.41) is 14.0. The van der Waals surface area contributed by atoms with Crippen molar-refractivity contribution in [1.29, 1.82) is 0 Å². The largest absolute Gasteiger partial charge is 0.397 e. The van der Waals surface area contributed by atoms with Crippen molar-refractivity contribution in [3.8, 4) is 11.3 Å². The Morgan fingerprint density at radius 2 is 1.80 bits per heavy atom. The smallest absolute Gasteiger partial charge is 0.270 e. The molecule has 0 atom stereocenters. The first-order valence-corrected chi connectivity index (χ1v) is 14.1. The summed E-state index contributed by atoms with van der Waals surface area (Å²) in [4.78, 5) is 35.5. The van der Waals surface area contributed by atoms with Crippen LogP contribution in [0.5, 0.6) is 0 Å². The minimum Gasteiger partial charge on any atom is -0.397 e. The number of carbonyl (C=O) groups is 2. The number of nitrogens with zero attached hydrogens (tertiary/aromatic N) is 3. The summed E-state index contributed by atoms with van der Waals surface area (Å²) in [6.45, 7) is 6.89. The maximum absolute atomic E-state index is 13.6. The van der Waals surface area contributed by atoms with Gasteiger partial charge in [0.1, 0.15) is 17.2 Å². The van der Waals surface area contributed by atoms with Crippen molar-refractivity contribution < 1.29 is 19.1 Å².